The predicted octanol–water partition coefficient (Wildman–Crippen LogP) is 22.1. The maximum Gasteiger partial charge on any atom is 0.305 e. The molecule has 1 amide bonds. The van der Waals surface area contributed by atoms with E-state index in [1.165, 1.54) is 276 Å². The van der Waals surface area contributed by atoms with Crippen LogP contribution in [0.5, 0.6) is 0 Å². The average Bonchev–Trinajstić information content (AvgIpc) is 3.43. The monoisotopic (exact) mass is 1080 g/mol. The van der Waals surface area contributed by atoms with Gasteiger partial charge in [0.2, 0.25) is 5.91 Å². The van der Waals surface area contributed by atoms with Gasteiger partial charge in [-0.1, -0.05) is 319 Å². The van der Waals surface area contributed by atoms with E-state index < -0.39 is 12.1 Å². The Morgan fingerprint density at radius 2 is 0.662 bits per heavy atom. The van der Waals surface area contributed by atoms with Crippen molar-refractivity contribution in [2.45, 2.75) is 379 Å². The number of amides is 1. The maximum absolute atomic E-state index is 12.5. The third-order valence-electron chi connectivity index (χ3n) is 15.9. The summed E-state index contributed by atoms with van der Waals surface area (Å²) in [5, 5.41) is 23.4. The van der Waals surface area contributed by atoms with Gasteiger partial charge < -0.3 is 20.3 Å². The number of ether oxygens (including phenoxy) is 1. The van der Waals surface area contributed by atoms with Gasteiger partial charge in [0.25, 0.3) is 0 Å². The molecular formula is C71H133NO5. The van der Waals surface area contributed by atoms with Crippen molar-refractivity contribution in [3.8, 4) is 0 Å². The van der Waals surface area contributed by atoms with Crippen LogP contribution in [0.2, 0.25) is 0 Å². The molecule has 2 atom stereocenters. The minimum absolute atomic E-state index is 0.00550. The summed E-state index contributed by atoms with van der Waals surface area (Å²) in [6.45, 7) is 4.92. The zero-order valence-electron chi connectivity index (χ0n) is 51.7. The summed E-state index contributed by atoms with van der Waals surface area (Å²) >= 11 is 0. The van der Waals surface area contributed by atoms with Crippen molar-refractivity contribution in [1.82, 2.24) is 5.32 Å². The molecule has 0 saturated carbocycles. The second kappa shape index (κ2) is 66.3. The number of rotatable bonds is 64. The van der Waals surface area contributed by atoms with E-state index in [1.807, 2.05) is 0 Å². The first kappa shape index (κ1) is 74.8. The number of carbonyl (C=O) groups is 2. The van der Waals surface area contributed by atoms with Crippen LogP contribution in [-0.2, 0) is 14.3 Å². The van der Waals surface area contributed by atoms with Crippen LogP contribution >= 0.6 is 0 Å². The molecule has 0 aromatic heterocycles. The molecule has 0 aliphatic carbocycles. The number of aliphatic hydroxyl groups excluding tert-OH is 2. The van der Waals surface area contributed by atoms with Crippen molar-refractivity contribution in [2.24, 2.45) is 0 Å². The highest BCUT2D eigenvalue weighted by Gasteiger charge is 2.20. The summed E-state index contributed by atoms with van der Waals surface area (Å²) in [7, 11) is 0. The van der Waals surface area contributed by atoms with Gasteiger partial charge in [0.1, 0.15) is 0 Å². The van der Waals surface area contributed by atoms with Crippen LogP contribution in [0.25, 0.3) is 0 Å². The van der Waals surface area contributed by atoms with Crippen molar-refractivity contribution in [2.75, 3.05) is 13.2 Å². The molecule has 0 fully saturated rings. The molecule has 0 heterocycles. The van der Waals surface area contributed by atoms with E-state index in [2.05, 4.69) is 67.8 Å². The standard InChI is InChI=1S/C71H133NO5/c1-3-5-7-9-11-13-15-17-19-20-21-27-30-33-36-39-43-47-51-55-59-63-69(74)68(67-73)72-70(75)64-60-56-52-48-44-40-37-34-31-28-25-23-22-24-26-29-32-35-38-42-46-50-54-58-62-66-77-71(76)65-61-57-53-49-45-41-18-16-14-12-10-8-6-4-2/h10,12,16,18,23-26,68-69,73-74H,3-9,11,13-15,17,19-22,27-67H2,1-2H3,(H,72,75)/b12-10-,18-16-,25-23-,26-24-. The minimum Gasteiger partial charge on any atom is -0.466 e. The SMILES string of the molecule is CCCC/C=C\C/C=C\CCCCCCCC(=O)OCCCCCCCCCCC/C=C\C/C=C\CCCCCCCCCCCC(=O)NC(CO)C(O)CCCCCCCCCCCCCCCCCCCCCCC. The van der Waals surface area contributed by atoms with Crippen LogP contribution in [0.4, 0.5) is 0 Å². The normalized spacial score (nSPS) is 12.8. The number of hydrogen-bond acceptors (Lipinski definition) is 5. The third kappa shape index (κ3) is 62.9. The highest BCUT2D eigenvalue weighted by molar-refractivity contribution is 5.76. The number of nitrogens with one attached hydrogen (secondary N) is 1. The number of esters is 1. The molecule has 0 saturated heterocycles. The van der Waals surface area contributed by atoms with Crippen LogP contribution in [0.3, 0.4) is 0 Å². The van der Waals surface area contributed by atoms with Crippen LogP contribution in [0.1, 0.15) is 367 Å². The molecule has 0 bridgehead atoms. The fourth-order valence-corrected chi connectivity index (χ4v) is 10.6. The van der Waals surface area contributed by atoms with Crippen LogP contribution in [-0.4, -0.2) is 47.4 Å². The molecule has 6 heteroatoms. The number of allylic oxidation sites excluding steroid dienone is 8. The van der Waals surface area contributed by atoms with E-state index in [9.17, 15) is 19.8 Å². The first-order valence-corrected chi connectivity index (χ1v) is 34.4. The van der Waals surface area contributed by atoms with E-state index >= 15 is 0 Å². The molecule has 0 aromatic carbocycles. The number of hydrogen-bond donors (Lipinski definition) is 3. The zero-order chi connectivity index (χ0) is 55.7. The smallest absolute Gasteiger partial charge is 0.305 e. The minimum atomic E-state index is -0.670. The van der Waals surface area contributed by atoms with Gasteiger partial charge in [0.05, 0.1) is 25.4 Å². The zero-order valence-corrected chi connectivity index (χ0v) is 51.7. The predicted molar refractivity (Wildman–Crippen MR) is 338 cm³/mol. The van der Waals surface area contributed by atoms with Crippen LogP contribution in [0.15, 0.2) is 48.6 Å². The van der Waals surface area contributed by atoms with Crippen LogP contribution < -0.4 is 5.32 Å². The fourth-order valence-electron chi connectivity index (χ4n) is 10.6. The lowest BCUT2D eigenvalue weighted by Gasteiger charge is -2.22. The molecule has 0 aliphatic rings. The molecule has 0 aromatic rings. The van der Waals surface area contributed by atoms with Gasteiger partial charge in [-0.25, -0.2) is 0 Å². The Hall–Kier alpha value is -2.18. The molecule has 0 radical (unpaired) electrons. The summed E-state index contributed by atoms with van der Waals surface area (Å²) in [4.78, 5) is 24.6. The van der Waals surface area contributed by atoms with Gasteiger partial charge in [-0.05, 0) is 83.5 Å². The average molecular weight is 1080 g/mol. The van der Waals surface area contributed by atoms with E-state index in [1.54, 1.807) is 0 Å². The lowest BCUT2D eigenvalue weighted by molar-refractivity contribution is -0.143. The summed E-state index contributed by atoms with van der Waals surface area (Å²) in [5.74, 6) is -0.0436. The molecule has 2 unspecified atom stereocenters. The number of aliphatic hydroxyl groups is 2. The summed E-state index contributed by atoms with van der Waals surface area (Å²) in [6, 6.07) is -0.548. The largest absolute Gasteiger partial charge is 0.466 e. The Morgan fingerprint density at radius 1 is 0.364 bits per heavy atom. The van der Waals surface area contributed by atoms with Gasteiger partial charge in [-0.2, -0.15) is 0 Å². The van der Waals surface area contributed by atoms with Crippen LogP contribution in [0, 0.1) is 0 Å². The Kier molecular flexibility index (Phi) is 64.5. The Labute approximate surface area is 480 Å². The second-order valence-electron chi connectivity index (χ2n) is 23.5. The summed E-state index contributed by atoms with van der Waals surface area (Å²) in [6.07, 6.45) is 85.7. The van der Waals surface area contributed by atoms with Gasteiger partial charge in [-0.3, -0.25) is 9.59 Å². The number of carbonyl (C=O) groups excluding carboxylic acids is 2. The van der Waals surface area contributed by atoms with Crippen molar-refractivity contribution in [3.63, 3.8) is 0 Å². The quantitative estimate of drug-likeness (QED) is 0.0320. The second-order valence-corrected chi connectivity index (χ2v) is 23.5. The van der Waals surface area contributed by atoms with Crippen molar-refractivity contribution < 1.29 is 24.5 Å². The highest BCUT2D eigenvalue weighted by atomic mass is 16.5. The van der Waals surface area contributed by atoms with E-state index in [0.717, 1.165) is 57.8 Å². The summed E-state index contributed by atoms with van der Waals surface area (Å²) < 4.78 is 5.47. The van der Waals surface area contributed by atoms with Crippen molar-refractivity contribution in [1.29, 1.82) is 0 Å². The fraction of sp³-hybridized carbons (Fsp3) is 0.859. The molecule has 0 aliphatic heterocycles. The van der Waals surface area contributed by atoms with Crippen molar-refractivity contribution >= 4 is 11.9 Å². The molecular weight excluding hydrogens is 947 g/mol. The Balaban J connectivity index is 3.44. The van der Waals surface area contributed by atoms with E-state index in [4.69, 9.17) is 4.74 Å². The maximum atomic E-state index is 12.5. The van der Waals surface area contributed by atoms with Gasteiger partial charge in [-0.15, -0.1) is 0 Å². The van der Waals surface area contributed by atoms with Gasteiger partial charge >= 0.3 is 5.97 Å². The van der Waals surface area contributed by atoms with Gasteiger partial charge in [0.15, 0.2) is 0 Å². The molecule has 0 spiro atoms. The molecule has 452 valence electrons. The van der Waals surface area contributed by atoms with Gasteiger partial charge in [0, 0.05) is 12.8 Å². The Bertz CT molecular complexity index is 1290. The first-order valence-electron chi connectivity index (χ1n) is 34.4. The molecule has 0 rings (SSSR count). The number of unbranched alkanes of at least 4 members (excludes halogenated alkanes) is 45. The third-order valence-corrected chi connectivity index (χ3v) is 15.9. The molecule has 77 heavy (non-hydrogen) atoms. The molecule has 3 N–H and O–H groups in total. The lowest BCUT2D eigenvalue weighted by Crippen LogP contribution is -2.45. The highest BCUT2D eigenvalue weighted by Crippen LogP contribution is 2.18. The lowest BCUT2D eigenvalue weighted by atomic mass is 10.0. The van der Waals surface area contributed by atoms with Crippen molar-refractivity contribution in [3.05, 3.63) is 48.6 Å². The molecule has 6 nitrogen and oxygen atoms in total. The summed E-state index contributed by atoms with van der Waals surface area (Å²) in [5.41, 5.74) is 0. The van der Waals surface area contributed by atoms with E-state index in [-0.39, 0.29) is 18.5 Å². The first-order chi connectivity index (χ1) is 38.0. The Morgan fingerprint density at radius 3 is 1.03 bits per heavy atom. The van der Waals surface area contributed by atoms with E-state index in [0.29, 0.717) is 25.9 Å². The topological polar surface area (TPSA) is 95.9 Å².